The number of aromatic nitrogens is 4. The van der Waals surface area contributed by atoms with Gasteiger partial charge in [0, 0.05) is 19.3 Å². The van der Waals surface area contributed by atoms with E-state index in [1.54, 1.807) is 7.05 Å². The fourth-order valence-corrected chi connectivity index (χ4v) is 2.12. The molecular weight excluding hydrogens is 346 g/mol. The third-order valence-corrected chi connectivity index (χ3v) is 3.41. The summed E-state index contributed by atoms with van der Waals surface area (Å²) in [6, 6.07) is 6.29. The van der Waals surface area contributed by atoms with Crippen molar-refractivity contribution >= 4 is 11.7 Å². The molecule has 1 aromatic carbocycles. The normalized spacial score (nSPS) is 10.4. The molecule has 2 heterocycles. The Morgan fingerprint density at radius 3 is 2.92 bits per heavy atom. The number of carbonyl (C=O) groups excluding carboxylic acids is 1. The van der Waals surface area contributed by atoms with Crippen molar-refractivity contribution in [2.24, 2.45) is 7.05 Å². The number of carbonyl (C=O) groups is 1. The van der Waals surface area contributed by atoms with Crippen LogP contribution in [0.5, 0.6) is 5.75 Å². The van der Waals surface area contributed by atoms with Gasteiger partial charge in [-0.1, -0.05) is 0 Å². The number of hydrogen-bond acceptors (Lipinski definition) is 5. The summed E-state index contributed by atoms with van der Waals surface area (Å²) in [7, 11) is 1.58. The molecule has 0 fully saturated rings. The van der Waals surface area contributed by atoms with Crippen LogP contribution in [-0.4, -0.2) is 25.5 Å². The quantitative estimate of drug-likeness (QED) is 0.753. The molecule has 0 unspecified atom stereocenters. The minimum absolute atomic E-state index is 0.0678. The third-order valence-electron chi connectivity index (χ3n) is 3.41. The molecule has 0 spiro atoms. The van der Waals surface area contributed by atoms with Crippen molar-refractivity contribution in [2.45, 2.75) is 6.73 Å². The number of nitrogens with zero attached hydrogens (tertiary/aromatic N) is 5. The van der Waals surface area contributed by atoms with Crippen LogP contribution in [0.3, 0.4) is 0 Å². The van der Waals surface area contributed by atoms with Crippen molar-refractivity contribution in [1.29, 1.82) is 5.26 Å². The van der Waals surface area contributed by atoms with Gasteiger partial charge >= 0.3 is 0 Å². The summed E-state index contributed by atoms with van der Waals surface area (Å²) in [5.74, 6) is -1.98. The van der Waals surface area contributed by atoms with Crippen LogP contribution in [0.1, 0.15) is 16.1 Å². The number of nitriles is 1. The van der Waals surface area contributed by atoms with Crippen LogP contribution in [0, 0.1) is 23.0 Å². The lowest BCUT2D eigenvalue weighted by molar-refractivity contribution is 0.101. The Balaban J connectivity index is 1.66. The molecule has 132 valence electrons. The van der Waals surface area contributed by atoms with Gasteiger partial charge < -0.3 is 10.1 Å². The van der Waals surface area contributed by atoms with E-state index < -0.39 is 17.5 Å². The SMILES string of the molecule is Cn1ncc(C#N)c1NC(=O)c1ccn(COc2ccc(F)cc2F)n1. The molecule has 10 heteroatoms. The number of ether oxygens (including phenoxy) is 1. The van der Waals surface area contributed by atoms with E-state index in [-0.39, 0.29) is 29.6 Å². The first-order valence-corrected chi connectivity index (χ1v) is 7.32. The highest BCUT2D eigenvalue weighted by Gasteiger charge is 2.15. The molecule has 0 aliphatic rings. The zero-order valence-corrected chi connectivity index (χ0v) is 13.5. The van der Waals surface area contributed by atoms with E-state index in [0.717, 1.165) is 12.1 Å². The molecule has 2 aromatic heterocycles. The van der Waals surface area contributed by atoms with Crippen LogP contribution >= 0.6 is 0 Å². The van der Waals surface area contributed by atoms with Gasteiger partial charge in [0.15, 0.2) is 24.0 Å². The smallest absolute Gasteiger partial charge is 0.277 e. The first kappa shape index (κ1) is 17.1. The van der Waals surface area contributed by atoms with E-state index in [1.165, 1.54) is 27.8 Å². The molecule has 0 saturated heterocycles. The summed E-state index contributed by atoms with van der Waals surface area (Å²) < 4.78 is 34.2. The number of aryl methyl sites for hydroxylation is 1. The first-order chi connectivity index (χ1) is 12.5. The second-order valence-electron chi connectivity index (χ2n) is 5.19. The van der Waals surface area contributed by atoms with Crippen molar-refractivity contribution < 1.29 is 18.3 Å². The predicted molar refractivity (Wildman–Crippen MR) is 85.1 cm³/mol. The second kappa shape index (κ2) is 7.02. The monoisotopic (exact) mass is 358 g/mol. The van der Waals surface area contributed by atoms with Gasteiger partial charge in [-0.15, -0.1) is 0 Å². The fourth-order valence-electron chi connectivity index (χ4n) is 2.12. The number of halogens is 2. The Bertz CT molecular complexity index is 1000. The highest BCUT2D eigenvalue weighted by Crippen LogP contribution is 2.18. The molecule has 0 radical (unpaired) electrons. The average molecular weight is 358 g/mol. The first-order valence-electron chi connectivity index (χ1n) is 7.32. The highest BCUT2D eigenvalue weighted by atomic mass is 19.1. The third kappa shape index (κ3) is 3.51. The minimum Gasteiger partial charge on any atom is -0.468 e. The highest BCUT2D eigenvalue weighted by molar-refractivity contribution is 6.02. The van der Waals surface area contributed by atoms with Gasteiger partial charge in [-0.25, -0.2) is 13.5 Å². The van der Waals surface area contributed by atoms with Crippen LogP contribution in [-0.2, 0) is 13.8 Å². The van der Waals surface area contributed by atoms with E-state index in [1.807, 2.05) is 6.07 Å². The molecular formula is C16H12F2N6O2. The maximum Gasteiger partial charge on any atom is 0.277 e. The van der Waals surface area contributed by atoms with E-state index >= 15 is 0 Å². The number of hydrogen-bond donors (Lipinski definition) is 1. The van der Waals surface area contributed by atoms with E-state index in [2.05, 4.69) is 15.5 Å². The predicted octanol–water partition coefficient (Wildman–Crippen LogP) is 2.06. The number of rotatable bonds is 5. The Labute approximate surface area is 146 Å². The van der Waals surface area contributed by atoms with Crippen molar-refractivity contribution in [2.75, 3.05) is 5.32 Å². The summed E-state index contributed by atoms with van der Waals surface area (Å²) in [5, 5.41) is 19.4. The summed E-state index contributed by atoms with van der Waals surface area (Å²) >= 11 is 0. The number of amides is 1. The maximum atomic E-state index is 13.5. The van der Waals surface area contributed by atoms with E-state index in [0.29, 0.717) is 6.07 Å². The van der Waals surface area contributed by atoms with E-state index in [4.69, 9.17) is 10.00 Å². The average Bonchev–Trinajstić information content (AvgIpc) is 3.22. The van der Waals surface area contributed by atoms with Crippen molar-refractivity contribution in [1.82, 2.24) is 19.6 Å². The molecule has 1 amide bonds. The van der Waals surface area contributed by atoms with Crippen LogP contribution in [0.25, 0.3) is 0 Å². The summed E-state index contributed by atoms with van der Waals surface area (Å²) in [6.07, 6.45) is 2.80. The fraction of sp³-hybridized carbons (Fsp3) is 0.125. The molecule has 0 atom stereocenters. The number of benzene rings is 1. The lowest BCUT2D eigenvalue weighted by atomic mass is 10.3. The van der Waals surface area contributed by atoms with Gasteiger partial charge in [0.05, 0.1) is 6.20 Å². The standard InChI is InChI=1S/C16H12F2N6O2/c1-23-15(10(7-19)8-20-23)21-16(25)13-4-5-24(22-13)9-26-14-3-2-11(17)6-12(14)18/h2-6,8H,9H2,1H3,(H,21,25). The summed E-state index contributed by atoms with van der Waals surface area (Å²) in [5.41, 5.74) is 0.286. The molecule has 0 saturated carbocycles. The van der Waals surface area contributed by atoms with Crippen LogP contribution in [0.2, 0.25) is 0 Å². The van der Waals surface area contributed by atoms with Crippen LogP contribution < -0.4 is 10.1 Å². The van der Waals surface area contributed by atoms with Gasteiger partial charge in [-0.3, -0.25) is 9.48 Å². The zero-order chi connectivity index (χ0) is 18.7. The topological polar surface area (TPSA) is 97.8 Å². The van der Waals surface area contributed by atoms with Gasteiger partial charge in [0.2, 0.25) is 0 Å². The molecule has 0 bridgehead atoms. The van der Waals surface area contributed by atoms with Crippen LogP contribution in [0.4, 0.5) is 14.6 Å². The van der Waals surface area contributed by atoms with E-state index in [9.17, 15) is 13.6 Å². The number of anilines is 1. The van der Waals surface area contributed by atoms with Gasteiger partial charge in [-0.05, 0) is 18.2 Å². The van der Waals surface area contributed by atoms with Gasteiger partial charge in [0.1, 0.15) is 23.3 Å². The summed E-state index contributed by atoms with van der Waals surface area (Å²) in [4.78, 5) is 12.2. The molecule has 8 nitrogen and oxygen atoms in total. The molecule has 0 aliphatic heterocycles. The molecule has 3 aromatic rings. The number of nitrogens with one attached hydrogen (secondary N) is 1. The minimum atomic E-state index is -0.838. The zero-order valence-electron chi connectivity index (χ0n) is 13.5. The van der Waals surface area contributed by atoms with Crippen LogP contribution in [0.15, 0.2) is 36.7 Å². The Morgan fingerprint density at radius 1 is 1.38 bits per heavy atom. The van der Waals surface area contributed by atoms with Crippen molar-refractivity contribution in [3.63, 3.8) is 0 Å². The summed E-state index contributed by atoms with van der Waals surface area (Å²) in [6.45, 7) is -0.176. The Morgan fingerprint density at radius 2 is 2.19 bits per heavy atom. The lowest BCUT2D eigenvalue weighted by Crippen LogP contribution is -2.17. The molecule has 3 rings (SSSR count). The lowest BCUT2D eigenvalue weighted by Gasteiger charge is -2.07. The Hall–Kier alpha value is -3.74. The molecule has 1 N–H and O–H groups in total. The second-order valence-corrected chi connectivity index (χ2v) is 5.19. The van der Waals surface area contributed by atoms with Crippen molar-refractivity contribution in [3.05, 3.63) is 59.6 Å². The van der Waals surface area contributed by atoms with Crippen molar-refractivity contribution in [3.8, 4) is 11.8 Å². The maximum absolute atomic E-state index is 13.5. The largest absolute Gasteiger partial charge is 0.468 e. The molecule has 26 heavy (non-hydrogen) atoms. The Kier molecular flexibility index (Phi) is 4.62. The van der Waals surface area contributed by atoms with Gasteiger partial charge in [0.25, 0.3) is 5.91 Å². The molecule has 0 aliphatic carbocycles. The van der Waals surface area contributed by atoms with Gasteiger partial charge in [-0.2, -0.15) is 15.5 Å².